The van der Waals surface area contributed by atoms with E-state index >= 15 is 0 Å². The Morgan fingerprint density at radius 2 is 1.14 bits per heavy atom. The van der Waals surface area contributed by atoms with Crippen LogP contribution in [0.15, 0.2) is 58.3 Å². The third-order valence-electron chi connectivity index (χ3n) is 3.18. The number of hydrogen-bond acceptors (Lipinski definition) is 3. The highest BCUT2D eigenvalue weighted by Gasteiger charge is 2.07. The van der Waals surface area contributed by atoms with Crippen molar-refractivity contribution in [2.45, 2.75) is 35.5 Å². The minimum Gasteiger partial charge on any atom is -0.198 e. The summed E-state index contributed by atoms with van der Waals surface area (Å²) in [6.45, 7) is 0. The van der Waals surface area contributed by atoms with E-state index in [4.69, 9.17) is 10.5 Å². The highest BCUT2D eigenvalue weighted by molar-refractivity contribution is 7.99. The minimum atomic E-state index is 0.535. The van der Waals surface area contributed by atoms with Crippen molar-refractivity contribution in [2.24, 2.45) is 0 Å². The highest BCUT2D eigenvalue weighted by atomic mass is 32.2. The number of hydrogen-bond donors (Lipinski definition) is 0. The van der Waals surface area contributed by atoms with Gasteiger partial charge in [-0.1, -0.05) is 48.2 Å². The Bertz CT molecular complexity index is 621. The van der Waals surface area contributed by atoms with E-state index in [2.05, 4.69) is 36.4 Å². The van der Waals surface area contributed by atoms with E-state index in [1.807, 2.05) is 24.3 Å². The lowest BCUT2D eigenvalue weighted by atomic mass is 10.1. The fraction of sp³-hybridized carbons (Fsp3) is 0.222. The van der Waals surface area contributed by atoms with Crippen LogP contribution in [0.3, 0.4) is 0 Å². The van der Waals surface area contributed by atoms with Crippen LogP contribution in [0.4, 0.5) is 0 Å². The van der Waals surface area contributed by atoms with E-state index in [-0.39, 0.29) is 0 Å². The van der Waals surface area contributed by atoms with Crippen molar-refractivity contribution in [1.82, 2.24) is 0 Å². The molecule has 0 aliphatic heterocycles. The molecule has 0 radical (unpaired) electrons. The molecule has 2 aromatic carbocycles. The lowest BCUT2D eigenvalue weighted by Gasteiger charge is -2.11. The summed E-state index contributed by atoms with van der Waals surface area (Å²) in [4.78, 5) is 2.38. The molecule has 104 valence electrons. The van der Waals surface area contributed by atoms with Crippen LogP contribution >= 0.6 is 11.8 Å². The molecule has 0 saturated heterocycles. The van der Waals surface area contributed by atoms with E-state index in [1.165, 1.54) is 20.9 Å². The molecule has 0 saturated carbocycles. The van der Waals surface area contributed by atoms with Crippen molar-refractivity contribution in [3.63, 3.8) is 0 Å². The zero-order valence-corrected chi connectivity index (χ0v) is 12.6. The number of nitrogens with zero attached hydrogens (tertiary/aromatic N) is 2. The van der Waals surface area contributed by atoms with Crippen molar-refractivity contribution in [3.8, 4) is 12.1 Å². The van der Waals surface area contributed by atoms with Gasteiger partial charge in [0.2, 0.25) is 0 Å². The molecule has 2 aromatic rings. The summed E-state index contributed by atoms with van der Waals surface area (Å²) in [6, 6.07) is 20.8. The molecular weight excluding hydrogens is 276 g/mol. The van der Waals surface area contributed by atoms with Crippen LogP contribution in [0.2, 0.25) is 0 Å². The van der Waals surface area contributed by atoms with E-state index in [0.717, 1.165) is 12.8 Å². The Kier molecular flexibility index (Phi) is 5.88. The second-order valence-electron chi connectivity index (χ2n) is 4.63. The van der Waals surface area contributed by atoms with Gasteiger partial charge in [0.25, 0.3) is 0 Å². The van der Waals surface area contributed by atoms with Gasteiger partial charge >= 0.3 is 0 Å². The Morgan fingerprint density at radius 1 is 0.714 bits per heavy atom. The summed E-state index contributed by atoms with van der Waals surface area (Å²) in [5, 5.41) is 17.5. The fourth-order valence-electron chi connectivity index (χ4n) is 2.12. The molecule has 0 bridgehead atoms. The molecule has 21 heavy (non-hydrogen) atoms. The molecule has 0 heterocycles. The van der Waals surface area contributed by atoms with Gasteiger partial charge in [-0.25, -0.2) is 0 Å². The SMILES string of the molecule is N#CCCc1ccccc1Sc1ccccc1CCC#N. The molecule has 0 aliphatic carbocycles. The molecule has 0 unspecified atom stereocenters. The van der Waals surface area contributed by atoms with E-state index in [1.54, 1.807) is 11.8 Å². The third kappa shape index (κ3) is 4.38. The number of benzene rings is 2. The van der Waals surface area contributed by atoms with Gasteiger partial charge < -0.3 is 0 Å². The van der Waals surface area contributed by atoms with Gasteiger partial charge in [-0.05, 0) is 36.1 Å². The monoisotopic (exact) mass is 292 g/mol. The van der Waals surface area contributed by atoms with Gasteiger partial charge in [0.05, 0.1) is 12.1 Å². The maximum atomic E-state index is 8.76. The Morgan fingerprint density at radius 3 is 1.57 bits per heavy atom. The van der Waals surface area contributed by atoms with E-state index < -0.39 is 0 Å². The maximum absolute atomic E-state index is 8.76. The quantitative estimate of drug-likeness (QED) is 0.772. The van der Waals surface area contributed by atoms with Crippen LogP contribution in [0.25, 0.3) is 0 Å². The van der Waals surface area contributed by atoms with Crippen molar-refractivity contribution in [3.05, 3.63) is 59.7 Å². The van der Waals surface area contributed by atoms with Crippen molar-refractivity contribution in [2.75, 3.05) is 0 Å². The lowest BCUT2D eigenvalue weighted by Crippen LogP contribution is -1.91. The predicted octanol–water partition coefficient (Wildman–Crippen LogP) is 4.75. The molecular formula is C18H16N2S. The van der Waals surface area contributed by atoms with Gasteiger partial charge in [0, 0.05) is 22.6 Å². The summed E-state index contributed by atoms with van der Waals surface area (Å²) < 4.78 is 0. The number of nitriles is 2. The van der Waals surface area contributed by atoms with Crippen LogP contribution in [-0.4, -0.2) is 0 Å². The summed E-state index contributed by atoms with van der Waals surface area (Å²) in [6.07, 6.45) is 2.63. The molecule has 2 nitrogen and oxygen atoms in total. The van der Waals surface area contributed by atoms with Gasteiger partial charge in [-0.2, -0.15) is 10.5 Å². The van der Waals surface area contributed by atoms with Crippen molar-refractivity contribution in [1.29, 1.82) is 10.5 Å². The normalized spacial score (nSPS) is 9.81. The Hall–Kier alpha value is -2.23. The van der Waals surface area contributed by atoms with Crippen LogP contribution in [-0.2, 0) is 12.8 Å². The maximum Gasteiger partial charge on any atom is 0.0625 e. The largest absolute Gasteiger partial charge is 0.198 e. The molecule has 0 amide bonds. The summed E-state index contributed by atoms with van der Waals surface area (Å²) >= 11 is 1.72. The number of aryl methyl sites for hydroxylation is 2. The molecule has 0 N–H and O–H groups in total. The molecule has 0 aliphatic rings. The fourth-order valence-corrected chi connectivity index (χ4v) is 3.25. The van der Waals surface area contributed by atoms with E-state index in [9.17, 15) is 0 Å². The molecule has 0 fully saturated rings. The smallest absolute Gasteiger partial charge is 0.0625 e. The first-order valence-electron chi connectivity index (χ1n) is 6.92. The number of rotatable bonds is 6. The summed E-state index contributed by atoms with van der Waals surface area (Å²) in [5.74, 6) is 0. The second-order valence-corrected chi connectivity index (χ2v) is 5.72. The van der Waals surface area contributed by atoms with E-state index in [0.29, 0.717) is 12.8 Å². The molecule has 0 atom stereocenters. The first-order valence-corrected chi connectivity index (χ1v) is 7.74. The van der Waals surface area contributed by atoms with Gasteiger partial charge in [0.1, 0.15) is 0 Å². The van der Waals surface area contributed by atoms with Gasteiger partial charge in [-0.3, -0.25) is 0 Å². The standard InChI is InChI=1S/C18H16N2S/c19-13-5-9-15-7-1-3-11-17(15)21-18-12-4-2-8-16(18)10-6-14-20/h1-4,7-8,11-12H,5-6,9-10H2. The lowest BCUT2D eigenvalue weighted by molar-refractivity contribution is 0.969. The van der Waals surface area contributed by atoms with Crippen molar-refractivity contribution < 1.29 is 0 Å². The Balaban J connectivity index is 2.22. The highest BCUT2D eigenvalue weighted by Crippen LogP contribution is 2.33. The summed E-state index contributed by atoms with van der Waals surface area (Å²) in [7, 11) is 0. The zero-order chi connectivity index (χ0) is 14.9. The van der Waals surface area contributed by atoms with Crippen LogP contribution < -0.4 is 0 Å². The van der Waals surface area contributed by atoms with Crippen LogP contribution in [0.1, 0.15) is 24.0 Å². The van der Waals surface area contributed by atoms with Crippen LogP contribution in [0, 0.1) is 22.7 Å². The first-order chi connectivity index (χ1) is 10.3. The zero-order valence-electron chi connectivity index (χ0n) is 11.7. The second kappa shape index (κ2) is 8.15. The molecule has 2 rings (SSSR count). The third-order valence-corrected chi connectivity index (χ3v) is 4.41. The molecule has 3 heteroatoms. The van der Waals surface area contributed by atoms with Crippen LogP contribution in [0.5, 0.6) is 0 Å². The average Bonchev–Trinajstić information content (AvgIpc) is 2.53. The van der Waals surface area contributed by atoms with Crippen molar-refractivity contribution >= 4 is 11.8 Å². The molecule has 0 spiro atoms. The minimum absolute atomic E-state index is 0.535. The summed E-state index contributed by atoms with van der Waals surface area (Å²) in [5.41, 5.74) is 2.42. The molecule has 0 aromatic heterocycles. The average molecular weight is 292 g/mol. The Labute approximate surface area is 130 Å². The topological polar surface area (TPSA) is 47.6 Å². The predicted molar refractivity (Wildman–Crippen MR) is 84.9 cm³/mol. The van der Waals surface area contributed by atoms with Gasteiger partial charge in [-0.15, -0.1) is 0 Å². The van der Waals surface area contributed by atoms with Gasteiger partial charge in [0.15, 0.2) is 0 Å². The first kappa shape index (κ1) is 15.2.